The first-order chi connectivity index (χ1) is 10.2. The monoisotopic (exact) mass is 326 g/mol. The number of amides is 2. The van der Waals surface area contributed by atoms with Gasteiger partial charge < -0.3 is 15.7 Å². The van der Waals surface area contributed by atoms with Crippen molar-refractivity contribution in [2.24, 2.45) is 5.92 Å². The Morgan fingerprint density at radius 3 is 2.59 bits per heavy atom. The summed E-state index contributed by atoms with van der Waals surface area (Å²) in [5, 5.41) is 15.5. The van der Waals surface area contributed by atoms with Crippen LogP contribution in [0.25, 0.3) is 0 Å². The zero-order chi connectivity index (χ0) is 16.8. The van der Waals surface area contributed by atoms with E-state index < -0.39 is 17.4 Å². The number of aliphatic hydroxyl groups is 1. The molecule has 0 bridgehead atoms. The number of anilines is 1. The Labute approximate surface area is 136 Å². The highest BCUT2D eigenvalue weighted by molar-refractivity contribution is 6.39. The second kappa shape index (κ2) is 8.15. The lowest BCUT2D eigenvalue weighted by Crippen LogP contribution is -2.44. The SMILES string of the molecule is CC(C)CC[C@](C)(O)CNC(=O)C(=O)Nc1cccc(Cl)c1. The second-order valence-electron chi connectivity index (χ2n) is 6.08. The fraction of sp³-hybridized carbons (Fsp3) is 0.500. The Balaban J connectivity index is 2.46. The maximum absolute atomic E-state index is 11.8. The van der Waals surface area contributed by atoms with Gasteiger partial charge in [0, 0.05) is 17.3 Å². The fourth-order valence-corrected chi connectivity index (χ4v) is 1.98. The first-order valence-corrected chi connectivity index (χ1v) is 7.64. The van der Waals surface area contributed by atoms with Crippen molar-refractivity contribution in [3.8, 4) is 0 Å². The van der Waals surface area contributed by atoms with Crippen molar-refractivity contribution in [1.82, 2.24) is 5.32 Å². The van der Waals surface area contributed by atoms with Gasteiger partial charge in [0.25, 0.3) is 0 Å². The zero-order valence-corrected chi connectivity index (χ0v) is 13.9. The molecule has 5 nitrogen and oxygen atoms in total. The molecule has 0 aliphatic rings. The number of hydrogen-bond donors (Lipinski definition) is 3. The van der Waals surface area contributed by atoms with E-state index in [9.17, 15) is 14.7 Å². The highest BCUT2D eigenvalue weighted by Crippen LogP contribution is 2.16. The summed E-state index contributed by atoms with van der Waals surface area (Å²) in [6.07, 6.45) is 1.40. The smallest absolute Gasteiger partial charge is 0.313 e. The predicted octanol–water partition coefficient (Wildman–Crippen LogP) is 2.58. The normalized spacial score (nSPS) is 13.5. The van der Waals surface area contributed by atoms with Gasteiger partial charge in [0.05, 0.1) is 5.60 Å². The van der Waals surface area contributed by atoms with Crippen molar-refractivity contribution in [2.45, 2.75) is 39.2 Å². The Morgan fingerprint density at radius 1 is 1.32 bits per heavy atom. The number of hydrogen-bond acceptors (Lipinski definition) is 3. The average Bonchev–Trinajstić information content (AvgIpc) is 2.43. The van der Waals surface area contributed by atoms with E-state index in [1.165, 1.54) is 0 Å². The van der Waals surface area contributed by atoms with E-state index >= 15 is 0 Å². The predicted molar refractivity (Wildman–Crippen MR) is 87.8 cm³/mol. The molecule has 0 radical (unpaired) electrons. The molecule has 2 amide bonds. The molecule has 0 saturated heterocycles. The van der Waals surface area contributed by atoms with Gasteiger partial charge >= 0.3 is 11.8 Å². The summed E-state index contributed by atoms with van der Waals surface area (Å²) in [6, 6.07) is 6.52. The first-order valence-electron chi connectivity index (χ1n) is 7.27. The molecule has 0 saturated carbocycles. The van der Waals surface area contributed by atoms with E-state index in [0.29, 0.717) is 23.0 Å². The molecule has 122 valence electrons. The Hall–Kier alpha value is -1.59. The van der Waals surface area contributed by atoms with E-state index in [0.717, 1.165) is 6.42 Å². The van der Waals surface area contributed by atoms with Crippen LogP contribution in [0.1, 0.15) is 33.6 Å². The van der Waals surface area contributed by atoms with Gasteiger partial charge in [0.15, 0.2) is 0 Å². The van der Waals surface area contributed by atoms with Gasteiger partial charge in [-0.25, -0.2) is 0 Å². The third-order valence-corrected chi connectivity index (χ3v) is 3.41. The lowest BCUT2D eigenvalue weighted by atomic mass is 9.95. The number of rotatable bonds is 6. The van der Waals surface area contributed by atoms with Gasteiger partial charge in [-0.15, -0.1) is 0 Å². The fourth-order valence-electron chi connectivity index (χ4n) is 1.79. The molecule has 0 heterocycles. The molecule has 22 heavy (non-hydrogen) atoms. The van der Waals surface area contributed by atoms with Crippen molar-refractivity contribution in [3.05, 3.63) is 29.3 Å². The highest BCUT2D eigenvalue weighted by atomic mass is 35.5. The highest BCUT2D eigenvalue weighted by Gasteiger charge is 2.23. The summed E-state index contributed by atoms with van der Waals surface area (Å²) in [6.45, 7) is 5.80. The maximum atomic E-state index is 11.8. The molecule has 0 aliphatic carbocycles. The van der Waals surface area contributed by atoms with Crippen LogP contribution >= 0.6 is 11.6 Å². The Kier molecular flexibility index (Phi) is 6.84. The quantitative estimate of drug-likeness (QED) is 0.703. The van der Waals surface area contributed by atoms with Crippen LogP contribution in [0.5, 0.6) is 0 Å². The number of carbonyl (C=O) groups is 2. The van der Waals surface area contributed by atoms with Crippen LogP contribution in [-0.4, -0.2) is 29.1 Å². The Morgan fingerprint density at radius 2 is 2.00 bits per heavy atom. The van der Waals surface area contributed by atoms with Crippen molar-refractivity contribution < 1.29 is 14.7 Å². The van der Waals surface area contributed by atoms with Crippen molar-refractivity contribution in [3.63, 3.8) is 0 Å². The lowest BCUT2D eigenvalue weighted by Gasteiger charge is -2.24. The maximum Gasteiger partial charge on any atom is 0.313 e. The standard InChI is InChI=1S/C16H23ClN2O3/c1-11(2)7-8-16(3,22)10-18-14(20)15(21)19-13-6-4-5-12(17)9-13/h4-6,9,11,22H,7-8,10H2,1-3H3,(H,18,20)(H,19,21)/t16-/m0/s1. The minimum Gasteiger partial charge on any atom is -0.388 e. The zero-order valence-electron chi connectivity index (χ0n) is 13.1. The molecule has 0 aromatic heterocycles. The summed E-state index contributed by atoms with van der Waals surface area (Å²) in [7, 11) is 0. The minimum absolute atomic E-state index is 0.0293. The third kappa shape index (κ3) is 6.91. The van der Waals surface area contributed by atoms with E-state index in [4.69, 9.17) is 11.6 Å². The van der Waals surface area contributed by atoms with Gasteiger partial charge in [0.2, 0.25) is 0 Å². The topological polar surface area (TPSA) is 78.4 Å². The first kappa shape index (κ1) is 18.5. The van der Waals surface area contributed by atoms with Crippen LogP contribution in [0.3, 0.4) is 0 Å². The van der Waals surface area contributed by atoms with Crippen molar-refractivity contribution in [2.75, 3.05) is 11.9 Å². The molecule has 0 spiro atoms. The van der Waals surface area contributed by atoms with Crippen LogP contribution in [0.2, 0.25) is 5.02 Å². The molecule has 3 N–H and O–H groups in total. The van der Waals surface area contributed by atoms with Gasteiger partial charge in [0.1, 0.15) is 0 Å². The van der Waals surface area contributed by atoms with E-state index in [-0.39, 0.29) is 6.54 Å². The van der Waals surface area contributed by atoms with Gasteiger partial charge in [-0.3, -0.25) is 9.59 Å². The van der Waals surface area contributed by atoms with Crippen molar-refractivity contribution in [1.29, 1.82) is 0 Å². The van der Waals surface area contributed by atoms with Gasteiger partial charge in [-0.2, -0.15) is 0 Å². The average molecular weight is 327 g/mol. The number of halogens is 1. The van der Waals surface area contributed by atoms with Crippen molar-refractivity contribution >= 4 is 29.1 Å². The summed E-state index contributed by atoms with van der Waals surface area (Å²) in [5.41, 5.74) is -0.588. The van der Waals surface area contributed by atoms with Gasteiger partial charge in [-0.05, 0) is 43.9 Å². The van der Waals surface area contributed by atoms with Crippen LogP contribution in [0, 0.1) is 5.92 Å². The van der Waals surface area contributed by atoms with Gasteiger partial charge in [-0.1, -0.05) is 31.5 Å². The molecule has 6 heteroatoms. The van der Waals surface area contributed by atoms with E-state index in [1.54, 1.807) is 31.2 Å². The summed E-state index contributed by atoms with van der Waals surface area (Å²) in [5.74, 6) is -1.11. The minimum atomic E-state index is -1.03. The number of nitrogens with one attached hydrogen (secondary N) is 2. The molecule has 0 aliphatic heterocycles. The second-order valence-corrected chi connectivity index (χ2v) is 6.51. The lowest BCUT2D eigenvalue weighted by molar-refractivity contribution is -0.136. The van der Waals surface area contributed by atoms with Crippen LogP contribution in [-0.2, 0) is 9.59 Å². The molecule has 1 rings (SSSR count). The van der Waals surface area contributed by atoms with Crippen LogP contribution < -0.4 is 10.6 Å². The largest absolute Gasteiger partial charge is 0.388 e. The summed E-state index contributed by atoms with van der Waals surface area (Å²) >= 11 is 5.80. The molecular formula is C16H23ClN2O3. The summed E-state index contributed by atoms with van der Waals surface area (Å²) in [4.78, 5) is 23.5. The van der Waals surface area contributed by atoms with E-state index in [2.05, 4.69) is 24.5 Å². The molecular weight excluding hydrogens is 304 g/mol. The van der Waals surface area contributed by atoms with E-state index in [1.807, 2.05) is 0 Å². The molecule has 1 aromatic carbocycles. The molecule has 0 unspecified atom stereocenters. The molecule has 1 atom stereocenters. The third-order valence-electron chi connectivity index (χ3n) is 3.18. The van der Waals surface area contributed by atoms with Crippen LogP contribution in [0.15, 0.2) is 24.3 Å². The summed E-state index contributed by atoms with van der Waals surface area (Å²) < 4.78 is 0. The molecule has 1 aromatic rings. The Bertz CT molecular complexity index is 530. The number of benzene rings is 1. The molecule has 0 fully saturated rings. The number of carbonyl (C=O) groups excluding carboxylic acids is 2. The van der Waals surface area contributed by atoms with Crippen LogP contribution in [0.4, 0.5) is 5.69 Å².